The predicted molar refractivity (Wildman–Crippen MR) is 77.5 cm³/mol. The van der Waals surface area contributed by atoms with Crippen molar-refractivity contribution >= 4 is 29.0 Å². The van der Waals surface area contributed by atoms with Gasteiger partial charge in [-0.3, -0.25) is 4.79 Å². The molecule has 0 aliphatic carbocycles. The third-order valence-electron chi connectivity index (χ3n) is 3.17. The highest BCUT2D eigenvalue weighted by Gasteiger charge is 2.16. The fourth-order valence-corrected chi connectivity index (χ4v) is 2.95. The van der Waals surface area contributed by atoms with Crippen molar-refractivity contribution in [2.24, 2.45) is 0 Å². The molecular weight excluding hydrogens is 260 g/mol. The number of carbonyl (C=O) groups excluding carboxylic acids is 1. The molecule has 1 unspecified atom stereocenters. The lowest BCUT2D eigenvalue weighted by Crippen LogP contribution is -2.23. The summed E-state index contributed by atoms with van der Waals surface area (Å²) < 4.78 is 5.51. The molecule has 100 valence electrons. The van der Waals surface area contributed by atoms with Crippen molar-refractivity contribution in [3.05, 3.63) is 30.5 Å². The predicted octanol–water partition coefficient (Wildman–Crippen LogP) is 2.84. The minimum absolute atomic E-state index is 0.0652. The topological polar surface area (TPSA) is 50.4 Å². The van der Waals surface area contributed by atoms with E-state index in [-0.39, 0.29) is 12.0 Å². The molecule has 1 aromatic carbocycles. The third kappa shape index (κ3) is 3.04. The molecule has 1 atom stereocenters. The van der Waals surface area contributed by atoms with Gasteiger partial charge < -0.3 is 15.4 Å². The highest BCUT2D eigenvalue weighted by atomic mass is 32.2. The Balaban J connectivity index is 1.63. The maximum absolute atomic E-state index is 11.4. The van der Waals surface area contributed by atoms with Gasteiger partial charge >= 0.3 is 0 Å². The van der Waals surface area contributed by atoms with Crippen LogP contribution in [0.2, 0.25) is 0 Å². The van der Waals surface area contributed by atoms with Crippen molar-refractivity contribution in [1.82, 2.24) is 0 Å². The first-order valence-electron chi connectivity index (χ1n) is 6.42. The van der Waals surface area contributed by atoms with Crippen LogP contribution in [-0.4, -0.2) is 24.3 Å². The Morgan fingerprint density at radius 1 is 1.47 bits per heavy atom. The van der Waals surface area contributed by atoms with Gasteiger partial charge in [-0.25, -0.2) is 0 Å². The van der Waals surface area contributed by atoms with Gasteiger partial charge in [0, 0.05) is 10.6 Å². The molecule has 4 nitrogen and oxygen atoms in total. The van der Waals surface area contributed by atoms with Gasteiger partial charge in [0.25, 0.3) is 0 Å². The molecule has 2 aliphatic rings. The van der Waals surface area contributed by atoms with Crippen LogP contribution in [0.15, 0.2) is 35.4 Å². The van der Waals surface area contributed by atoms with E-state index in [4.69, 9.17) is 4.74 Å². The van der Waals surface area contributed by atoms with Gasteiger partial charge in [0.2, 0.25) is 5.91 Å². The van der Waals surface area contributed by atoms with Crippen LogP contribution in [0.3, 0.4) is 0 Å². The summed E-state index contributed by atoms with van der Waals surface area (Å²) in [6, 6.07) is 6.07. The molecular formula is C14H16N2O2S. The van der Waals surface area contributed by atoms with Crippen LogP contribution < -0.4 is 10.6 Å². The molecule has 0 radical (unpaired) electrons. The Morgan fingerprint density at radius 3 is 3.26 bits per heavy atom. The zero-order valence-electron chi connectivity index (χ0n) is 10.5. The molecule has 2 N–H and O–H groups in total. The minimum Gasteiger partial charge on any atom is -0.497 e. The van der Waals surface area contributed by atoms with Crippen LogP contribution in [0.5, 0.6) is 0 Å². The van der Waals surface area contributed by atoms with E-state index in [0.717, 1.165) is 35.7 Å². The molecule has 0 bridgehead atoms. The number of rotatable bonds is 3. The lowest BCUT2D eigenvalue weighted by Gasteiger charge is -2.21. The van der Waals surface area contributed by atoms with Gasteiger partial charge in [-0.1, -0.05) is 0 Å². The van der Waals surface area contributed by atoms with Crippen LogP contribution in [0.1, 0.15) is 12.8 Å². The number of ether oxygens (including phenoxy) is 1. The maximum atomic E-state index is 11.4. The van der Waals surface area contributed by atoms with Gasteiger partial charge in [0.15, 0.2) is 0 Å². The summed E-state index contributed by atoms with van der Waals surface area (Å²) in [5.41, 5.74) is 1.91. The normalized spacial score (nSPS) is 21.3. The molecule has 2 heterocycles. The molecule has 0 fully saturated rings. The number of amides is 1. The van der Waals surface area contributed by atoms with E-state index in [1.54, 1.807) is 18.0 Å². The first-order valence-corrected chi connectivity index (χ1v) is 7.41. The summed E-state index contributed by atoms with van der Waals surface area (Å²) >= 11 is 1.58. The Labute approximate surface area is 116 Å². The quantitative estimate of drug-likeness (QED) is 0.891. The van der Waals surface area contributed by atoms with Crippen molar-refractivity contribution in [3.8, 4) is 0 Å². The Bertz CT molecular complexity index is 516. The van der Waals surface area contributed by atoms with Crippen molar-refractivity contribution in [2.75, 3.05) is 22.9 Å². The summed E-state index contributed by atoms with van der Waals surface area (Å²) in [5.74, 6) is 0.567. The third-order valence-corrected chi connectivity index (χ3v) is 4.24. The first kappa shape index (κ1) is 12.4. The average molecular weight is 276 g/mol. The molecule has 0 aromatic heterocycles. The number of carbonyl (C=O) groups is 1. The second-order valence-corrected chi connectivity index (χ2v) is 5.65. The SMILES string of the molecule is O=C1CSc2ccc(NCC3CCC=CO3)cc2N1. The number of thioether (sulfide) groups is 1. The number of benzene rings is 1. The summed E-state index contributed by atoms with van der Waals surface area (Å²) in [7, 11) is 0. The van der Waals surface area contributed by atoms with Crippen LogP contribution in [0, 0.1) is 0 Å². The van der Waals surface area contributed by atoms with E-state index >= 15 is 0 Å². The van der Waals surface area contributed by atoms with Crippen molar-refractivity contribution < 1.29 is 9.53 Å². The van der Waals surface area contributed by atoms with Crippen LogP contribution in [0.4, 0.5) is 11.4 Å². The van der Waals surface area contributed by atoms with E-state index in [2.05, 4.69) is 10.6 Å². The maximum Gasteiger partial charge on any atom is 0.234 e. The average Bonchev–Trinajstić information content (AvgIpc) is 2.46. The fourth-order valence-electron chi connectivity index (χ4n) is 2.16. The molecule has 19 heavy (non-hydrogen) atoms. The zero-order chi connectivity index (χ0) is 13.1. The van der Waals surface area contributed by atoms with Crippen LogP contribution >= 0.6 is 11.8 Å². The molecule has 5 heteroatoms. The Hall–Kier alpha value is -1.62. The summed E-state index contributed by atoms with van der Waals surface area (Å²) in [4.78, 5) is 12.5. The van der Waals surface area contributed by atoms with Gasteiger partial charge in [-0.2, -0.15) is 0 Å². The van der Waals surface area contributed by atoms with Crippen LogP contribution in [0.25, 0.3) is 0 Å². The van der Waals surface area contributed by atoms with E-state index in [0.29, 0.717) is 5.75 Å². The lowest BCUT2D eigenvalue weighted by atomic mass is 10.1. The van der Waals surface area contributed by atoms with Gasteiger partial charge in [-0.05, 0) is 37.1 Å². The molecule has 1 aromatic rings. The summed E-state index contributed by atoms with van der Waals surface area (Å²) in [6.07, 6.45) is 6.16. The molecule has 0 saturated carbocycles. The molecule has 1 amide bonds. The van der Waals surface area contributed by atoms with E-state index < -0.39 is 0 Å². The standard InChI is InChI=1S/C14H16N2O2S/c17-14-9-19-13-5-4-10(7-12(13)16-14)15-8-11-3-1-2-6-18-11/h2,4-7,11,15H,1,3,8-9H2,(H,16,17). The monoisotopic (exact) mass is 276 g/mol. The number of fused-ring (bicyclic) bond motifs is 1. The van der Waals surface area contributed by atoms with Crippen LogP contribution in [-0.2, 0) is 9.53 Å². The molecule has 0 spiro atoms. The number of allylic oxidation sites excluding steroid dienone is 1. The highest BCUT2D eigenvalue weighted by molar-refractivity contribution is 8.00. The van der Waals surface area contributed by atoms with Gasteiger partial charge in [0.1, 0.15) is 6.10 Å². The summed E-state index contributed by atoms with van der Waals surface area (Å²) in [5, 5.41) is 6.26. The van der Waals surface area contributed by atoms with Gasteiger partial charge in [-0.15, -0.1) is 11.8 Å². The van der Waals surface area contributed by atoms with E-state index in [1.165, 1.54) is 0 Å². The minimum atomic E-state index is 0.0652. The Morgan fingerprint density at radius 2 is 2.42 bits per heavy atom. The van der Waals surface area contributed by atoms with Crippen molar-refractivity contribution in [2.45, 2.75) is 23.8 Å². The van der Waals surface area contributed by atoms with Crippen molar-refractivity contribution in [3.63, 3.8) is 0 Å². The lowest BCUT2D eigenvalue weighted by molar-refractivity contribution is -0.113. The van der Waals surface area contributed by atoms with E-state index in [1.807, 2.05) is 24.3 Å². The first-order chi connectivity index (χ1) is 9.31. The number of nitrogens with one attached hydrogen (secondary N) is 2. The number of hydrogen-bond acceptors (Lipinski definition) is 4. The number of hydrogen-bond donors (Lipinski definition) is 2. The fraction of sp³-hybridized carbons (Fsp3) is 0.357. The number of anilines is 2. The molecule has 2 aliphatic heterocycles. The highest BCUT2D eigenvalue weighted by Crippen LogP contribution is 2.33. The Kier molecular flexibility index (Phi) is 3.64. The van der Waals surface area contributed by atoms with Gasteiger partial charge in [0.05, 0.1) is 24.2 Å². The second kappa shape index (κ2) is 5.57. The largest absolute Gasteiger partial charge is 0.497 e. The molecule has 3 rings (SSSR count). The van der Waals surface area contributed by atoms with Crippen molar-refractivity contribution in [1.29, 1.82) is 0 Å². The van der Waals surface area contributed by atoms with E-state index in [9.17, 15) is 4.79 Å². The zero-order valence-corrected chi connectivity index (χ0v) is 11.3. The molecule has 0 saturated heterocycles. The second-order valence-electron chi connectivity index (χ2n) is 4.64. The summed E-state index contributed by atoms with van der Waals surface area (Å²) in [6.45, 7) is 0.782. The smallest absolute Gasteiger partial charge is 0.234 e.